The molecule has 0 spiro atoms. The maximum atomic E-state index is 3.50. The molecular weight excluding hydrogens is 336 g/mol. The van der Waals surface area contributed by atoms with Crippen LogP contribution in [0, 0.1) is 0 Å². The van der Waals surface area contributed by atoms with Crippen LogP contribution in [0.2, 0.25) is 0 Å². The van der Waals surface area contributed by atoms with Gasteiger partial charge in [-0.1, -0.05) is 54.7 Å². The number of rotatable bonds is 1. The van der Waals surface area contributed by atoms with Gasteiger partial charge in [0.15, 0.2) is 0 Å². The fourth-order valence-electron chi connectivity index (χ4n) is 0.910. The molecule has 0 radical (unpaired) electrons. The molecule has 0 saturated carbocycles. The second-order valence-electron chi connectivity index (χ2n) is 2.20. The Morgan fingerprint density at radius 1 is 1.09 bits per heavy atom. The Labute approximate surface area is 91.8 Å². The Hall–Kier alpha value is 0.660. The van der Waals surface area contributed by atoms with Crippen LogP contribution in [0.4, 0.5) is 0 Å². The van der Waals surface area contributed by atoms with Crippen molar-refractivity contribution in [1.82, 2.24) is 0 Å². The molecule has 0 amide bonds. The SMILES string of the molecule is CCc1c(Br)cc(Br)cc1Br. The van der Waals surface area contributed by atoms with E-state index < -0.39 is 0 Å². The Balaban J connectivity index is 3.25. The van der Waals surface area contributed by atoms with Gasteiger partial charge in [0.25, 0.3) is 0 Å². The first-order valence-electron chi connectivity index (χ1n) is 3.28. The second kappa shape index (κ2) is 4.06. The van der Waals surface area contributed by atoms with Crippen molar-refractivity contribution < 1.29 is 0 Å². The average Bonchev–Trinajstić information content (AvgIpc) is 1.85. The van der Waals surface area contributed by atoms with E-state index in [1.54, 1.807) is 0 Å². The zero-order valence-corrected chi connectivity index (χ0v) is 10.8. The summed E-state index contributed by atoms with van der Waals surface area (Å²) in [5.41, 5.74) is 1.31. The normalized spacial score (nSPS) is 10.2. The number of halogens is 3. The molecule has 0 bridgehead atoms. The minimum Gasteiger partial charge on any atom is -0.0612 e. The summed E-state index contributed by atoms with van der Waals surface area (Å²) >= 11 is 10.4. The molecule has 0 atom stereocenters. The van der Waals surface area contributed by atoms with Gasteiger partial charge in [0.05, 0.1) is 0 Å². The first-order valence-corrected chi connectivity index (χ1v) is 5.66. The minimum atomic E-state index is 1.04. The lowest BCUT2D eigenvalue weighted by Crippen LogP contribution is -1.84. The van der Waals surface area contributed by atoms with Crippen LogP contribution in [0.3, 0.4) is 0 Å². The molecule has 0 unspecified atom stereocenters. The Morgan fingerprint density at radius 2 is 1.55 bits per heavy atom. The molecule has 0 N–H and O–H groups in total. The summed E-state index contributed by atoms with van der Waals surface area (Å²) in [7, 11) is 0. The summed E-state index contributed by atoms with van der Waals surface area (Å²) in [5.74, 6) is 0. The van der Waals surface area contributed by atoms with Crippen LogP contribution in [0.15, 0.2) is 25.6 Å². The van der Waals surface area contributed by atoms with Gasteiger partial charge in [0.2, 0.25) is 0 Å². The van der Waals surface area contributed by atoms with E-state index in [2.05, 4.69) is 66.8 Å². The van der Waals surface area contributed by atoms with Crippen LogP contribution >= 0.6 is 47.8 Å². The molecule has 0 aliphatic rings. The quantitative estimate of drug-likeness (QED) is 0.703. The molecule has 1 aromatic rings. The molecule has 1 aromatic carbocycles. The smallest absolute Gasteiger partial charge is 0.0229 e. The molecule has 3 heteroatoms. The van der Waals surface area contributed by atoms with Gasteiger partial charge < -0.3 is 0 Å². The van der Waals surface area contributed by atoms with Crippen LogP contribution < -0.4 is 0 Å². The fourth-order valence-corrected chi connectivity index (χ4v) is 3.73. The molecule has 0 aliphatic heterocycles. The van der Waals surface area contributed by atoms with Gasteiger partial charge in [0.1, 0.15) is 0 Å². The van der Waals surface area contributed by atoms with Gasteiger partial charge in [-0.3, -0.25) is 0 Å². The highest BCUT2D eigenvalue weighted by molar-refractivity contribution is 9.11. The van der Waals surface area contributed by atoms with E-state index in [1.807, 2.05) is 0 Å². The van der Waals surface area contributed by atoms with Gasteiger partial charge in [-0.25, -0.2) is 0 Å². The molecule has 60 valence electrons. The van der Waals surface area contributed by atoms with Crippen molar-refractivity contribution in [2.45, 2.75) is 13.3 Å². The summed E-state index contributed by atoms with van der Waals surface area (Å²) in [6, 6.07) is 4.12. The molecule has 0 heterocycles. The second-order valence-corrected chi connectivity index (χ2v) is 4.83. The maximum Gasteiger partial charge on any atom is 0.0229 e. The van der Waals surface area contributed by atoms with E-state index in [-0.39, 0.29) is 0 Å². The highest BCUT2D eigenvalue weighted by Gasteiger charge is 2.03. The molecule has 11 heavy (non-hydrogen) atoms. The lowest BCUT2D eigenvalue weighted by molar-refractivity contribution is 1.11. The monoisotopic (exact) mass is 340 g/mol. The van der Waals surface area contributed by atoms with E-state index in [1.165, 1.54) is 5.56 Å². The summed E-state index contributed by atoms with van der Waals surface area (Å²) in [6.45, 7) is 2.14. The van der Waals surface area contributed by atoms with Crippen molar-refractivity contribution in [2.24, 2.45) is 0 Å². The van der Waals surface area contributed by atoms with Gasteiger partial charge in [-0.2, -0.15) is 0 Å². The van der Waals surface area contributed by atoms with Crippen LogP contribution in [0.5, 0.6) is 0 Å². The van der Waals surface area contributed by atoms with Crippen molar-refractivity contribution in [2.75, 3.05) is 0 Å². The standard InChI is InChI=1S/C8H7Br3/c1-2-6-7(10)3-5(9)4-8(6)11/h3-4H,2H2,1H3. The lowest BCUT2D eigenvalue weighted by Gasteiger charge is -2.04. The predicted octanol–water partition coefficient (Wildman–Crippen LogP) is 4.54. The van der Waals surface area contributed by atoms with Crippen molar-refractivity contribution in [3.05, 3.63) is 31.1 Å². The van der Waals surface area contributed by atoms with Crippen molar-refractivity contribution in [1.29, 1.82) is 0 Å². The maximum absolute atomic E-state index is 3.50. The van der Waals surface area contributed by atoms with Crippen LogP contribution in [0.25, 0.3) is 0 Å². The zero-order chi connectivity index (χ0) is 8.43. The molecular formula is C8H7Br3. The summed E-state index contributed by atoms with van der Waals surface area (Å²) < 4.78 is 3.40. The Kier molecular flexibility index (Phi) is 3.59. The summed E-state index contributed by atoms with van der Waals surface area (Å²) in [4.78, 5) is 0. The third kappa shape index (κ3) is 2.30. The van der Waals surface area contributed by atoms with E-state index in [9.17, 15) is 0 Å². The highest BCUT2D eigenvalue weighted by atomic mass is 79.9. The first-order chi connectivity index (χ1) is 5.15. The van der Waals surface area contributed by atoms with E-state index >= 15 is 0 Å². The first kappa shape index (κ1) is 9.75. The predicted molar refractivity (Wildman–Crippen MR) is 58.9 cm³/mol. The number of hydrogen-bond donors (Lipinski definition) is 0. The van der Waals surface area contributed by atoms with Gasteiger partial charge in [-0.05, 0) is 24.1 Å². The van der Waals surface area contributed by atoms with Crippen LogP contribution in [-0.4, -0.2) is 0 Å². The molecule has 1 rings (SSSR count). The summed E-state index contributed by atoms with van der Waals surface area (Å²) in [6.07, 6.45) is 1.04. The van der Waals surface area contributed by atoms with E-state index in [4.69, 9.17) is 0 Å². The topological polar surface area (TPSA) is 0 Å². The zero-order valence-electron chi connectivity index (χ0n) is 6.00. The number of benzene rings is 1. The highest BCUT2D eigenvalue weighted by Crippen LogP contribution is 2.29. The van der Waals surface area contributed by atoms with Gasteiger partial charge in [0, 0.05) is 13.4 Å². The van der Waals surface area contributed by atoms with Crippen LogP contribution in [0.1, 0.15) is 12.5 Å². The number of hydrogen-bond acceptors (Lipinski definition) is 0. The molecule has 0 aromatic heterocycles. The van der Waals surface area contributed by atoms with Gasteiger partial charge >= 0.3 is 0 Å². The fraction of sp³-hybridized carbons (Fsp3) is 0.250. The van der Waals surface area contributed by atoms with Crippen molar-refractivity contribution >= 4 is 47.8 Å². The third-order valence-electron chi connectivity index (χ3n) is 1.46. The van der Waals surface area contributed by atoms with Gasteiger partial charge in [-0.15, -0.1) is 0 Å². The third-order valence-corrected chi connectivity index (χ3v) is 3.33. The summed E-state index contributed by atoms with van der Waals surface area (Å²) in [5, 5.41) is 0. The molecule has 0 saturated heterocycles. The largest absolute Gasteiger partial charge is 0.0612 e. The van der Waals surface area contributed by atoms with E-state index in [0.717, 1.165) is 19.8 Å². The minimum absolute atomic E-state index is 1.04. The Bertz CT molecular complexity index is 245. The molecule has 0 fully saturated rings. The average molecular weight is 343 g/mol. The van der Waals surface area contributed by atoms with E-state index in [0.29, 0.717) is 0 Å². The lowest BCUT2D eigenvalue weighted by atomic mass is 10.2. The molecule has 0 aliphatic carbocycles. The van der Waals surface area contributed by atoms with Crippen LogP contribution in [-0.2, 0) is 6.42 Å². The van der Waals surface area contributed by atoms with Crippen molar-refractivity contribution in [3.63, 3.8) is 0 Å². The Morgan fingerprint density at radius 3 is 1.91 bits per heavy atom. The molecule has 0 nitrogen and oxygen atoms in total. The van der Waals surface area contributed by atoms with Crippen molar-refractivity contribution in [3.8, 4) is 0 Å².